The Morgan fingerprint density at radius 3 is 2.62 bits per heavy atom. The van der Waals surface area contributed by atoms with E-state index in [0.717, 1.165) is 23.1 Å². The molecule has 0 bridgehead atoms. The lowest BCUT2D eigenvalue weighted by Crippen LogP contribution is -2.05. The smallest absolute Gasteiger partial charge is 0.191 e. The molecule has 1 heterocycles. The second-order valence-corrected chi connectivity index (χ2v) is 6.58. The lowest BCUT2D eigenvalue weighted by molar-refractivity contribution is 0.204. The molecule has 0 amide bonds. The fourth-order valence-electron chi connectivity index (χ4n) is 2.39. The Bertz CT molecular complexity index is 604. The third kappa shape index (κ3) is 3.30. The predicted octanol–water partition coefficient (Wildman–Crippen LogP) is 3.31. The van der Waals surface area contributed by atoms with Crippen molar-refractivity contribution in [1.29, 1.82) is 0 Å². The average molecular weight is 303 g/mol. The summed E-state index contributed by atoms with van der Waals surface area (Å²) < 4.78 is 2.18. The van der Waals surface area contributed by atoms with Gasteiger partial charge in [0.05, 0.1) is 6.10 Å². The van der Waals surface area contributed by atoms with Crippen LogP contribution in [0.4, 0.5) is 0 Å². The minimum atomic E-state index is -0.470. The lowest BCUT2D eigenvalue weighted by atomic mass is 10.1. The second-order valence-electron chi connectivity index (χ2n) is 5.60. The molecule has 1 saturated carbocycles. The number of hydrogen-bond donors (Lipinski definition) is 1. The molecule has 21 heavy (non-hydrogen) atoms. The van der Waals surface area contributed by atoms with E-state index in [1.165, 1.54) is 18.4 Å². The second kappa shape index (κ2) is 6.20. The van der Waals surface area contributed by atoms with Crippen molar-refractivity contribution >= 4 is 11.8 Å². The van der Waals surface area contributed by atoms with Gasteiger partial charge in [-0.2, -0.15) is 0 Å². The molecule has 0 aliphatic heterocycles. The van der Waals surface area contributed by atoms with Gasteiger partial charge in [-0.1, -0.05) is 41.6 Å². The summed E-state index contributed by atoms with van der Waals surface area (Å²) in [7, 11) is 0. The molecule has 1 fully saturated rings. The van der Waals surface area contributed by atoms with Gasteiger partial charge in [0.15, 0.2) is 5.16 Å². The maximum absolute atomic E-state index is 10.3. The Kier molecular flexibility index (Phi) is 4.31. The van der Waals surface area contributed by atoms with Crippen molar-refractivity contribution in [2.45, 2.75) is 50.4 Å². The van der Waals surface area contributed by atoms with Crippen molar-refractivity contribution in [3.05, 3.63) is 41.2 Å². The van der Waals surface area contributed by atoms with E-state index in [1.54, 1.807) is 11.8 Å². The molecular weight excluding hydrogens is 282 g/mol. The van der Waals surface area contributed by atoms with Gasteiger partial charge in [-0.25, -0.2) is 0 Å². The van der Waals surface area contributed by atoms with E-state index in [0.29, 0.717) is 11.7 Å². The summed E-state index contributed by atoms with van der Waals surface area (Å²) >= 11 is 1.58. The summed E-state index contributed by atoms with van der Waals surface area (Å²) in [5, 5.41) is 19.8. The molecule has 1 aliphatic rings. The molecule has 1 aromatic carbocycles. The fraction of sp³-hybridized carbons (Fsp3) is 0.500. The molecule has 0 saturated heterocycles. The lowest BCUT2D eigenvalue weighted by Gasteiger charge is -2.11. The molecule has 4 nitrogen and oxygen atoms in total. The number of hydrogen-bond acceptors (Lipinski definition) is 4. The van der Waals surface area contributed by atoms with Gasteiger partial charge in [-0.15, -0.1) is 10.2 Å². The summed E-state index contributed by atoms with van der Waals surface area (Å²) in [6, 6.07) is 8.04. The van der Waals surface area contributed by atoms with Crippen LogP contribution < -0.4 is 0 Å². The number of aromatic nitrogens is 3. The van der Waals surface area contributed by atoms with Crippen LogP contribution in [0, 0.1) is 6.92 Å². The molecule has 5 heteroatoms. The van der Waals surface area contributed by atoms with E-state index in [1.807, 2.05) is 31.2 Å². The van der Waals surface area contributed by atoms with E-state index in [2.05, 4.69) is 21.7 Å². The highest BCUT2D eigenvalue weighted by atomic mass is 32.2. The number of aliphatic hydroxyl groups is 1. The summed E-state index contributed by atoms with van der Waals surface area (Å²) in [5.74, 6) is 2.32. The van der Waals surface area contributed by atoms with Gasteiger partial charge >= 0.3 is 0 Å². The van der Waals surface area contributed by atoms with E-state index in [9.17, 15) is 5.11 Å². The zero-order chi connectivity index (χ0) is 14.8. The van der Waals surface area contributed by atoms with Gasteiger partial charge < -0.3 is 9.67 Å². The number of thioether (sulfide) groups is 1. The predicted molar refractivity (Wildman–Crippen MR) is 84.5 cm³/mol. The normalized spacial score (nSPS) is 16.1. The number of aliphatic hydroxyl groups excluding tert-OH is 1. The topological polar surface area (TPSA) is 50.9 Å². The number of aryl methyl sites for hydroxylation is 1. The number of benzene rings is 1. The minimum absolute atomic E-state index is 0.470. The van der Waals surface area contributed by atoms with Crippen molar-refractivity contribution in [2.24, 2.45) is 0 Å². The van der Waals surface area contributed by atoms with Crippen molar-refractivity contribution in [3.8, 4) is 0 Å². The van der Waals surface area contributed by atoms with Crippen molar-refractivity contribution < 1.29 is 5.11 Å². The molecule has 1 N–H and O–H groups in total. The van der Waals surface area contributed by atoms with Crippen LogP contribution in [0.5, 0.6) is 0 Å². The van der Waals surface area contributed by atoms with Crippen molar-refractivity contribution in [3.63, 3.8) is 0 Å². The maximum Gasteiger partial charge on any atom is 0.191 e. The molecule has 1 aliphatic carbocycles. The largest absolute Gasteiger partial charge is 0.388 e. The third-order valence-electron chi connectivity index (χ3n) is 3.84. The molecule has 0 radical (unpaired) electrons. The molecule has 1 aromatic heterocycles. The van der Waals surface area contributed by atoms with Gasteiger partial charge in [0, 0.05) is 18.2 Å². The summed E-state index contributed by atoms with van der Waals surface area (Å²) in [6.45, 7) is 5.06. The maximum atomic E-state index is 10.3. The highest BCUT2D eigenvalue weighted by molar-refractivity contribution is 7.99. The van der Waals surface area contributed by atoms with Crippen molar-refractivity contribution in [2.75, 3.05) is 5.75 Å². The van der Waals surface area contributed by atoms with Crippen LogP contribution in [0.2, 0.25) is 0 Å². The van der Waals surface area contributed by atoms with Gasteiger partial charge in [-0.3, -0.25) is 0 Å². The Hall–Kier alpha value is -1.33. The first-order valence-corrected chi connectivity index (χ1v) is 8.48. The van der Waals surface area contributed by atoms with Crippen LogP contribution >= 0.6 is 11.8 Å². The van der Waals surface area contributed by atoms with E-state index < -0.39 is 6.10 Å². The molecule has 0 spiro atoms. The monoisotopic (exact) mass is 303 g/mol. The molecule has 1 unspecified atom stereocenters. The highest BCUT2D eigenvalue weighted by Gasteiger charge is 2.30. The average Bonchev–Trinajstić information content (AvgIpc) is 3.25. The fourth-order valence-corrected chi connectivity index (χ4v) is 3.36. The molecule has 112 valence electrons. The molecule has 3 rings (SSSR count). The van der Waals surface area contributed by atoms with Gasteiger partial charge in [0.2, 0.25) is 0 Å². The van der Waals surface area contributed by atoms with Crippen LogP contribution in [0.3, 0.4) is 0 Å². The Balaban J connectivity index is 1.65. The van der Waals surface area contributed by atoms with Crippen LogP contribution in [0.1, 0.15) is 48.7 Å². The standard InChI is InChI=1S/C16H21N3OS/c1-3-19-15(13-8-9-13)17-18-16(19)21-10-14(20)12-6-4-11(2)5-7-12/h4-7,13-14,20H,3,8-10H2,1-2H3. The van der Waals surface area contributed by atoms with Crippen LogP contribution in [-0.4, -0.2) is 25.6 Å². The first-order chi connectivity index (χ1) is 10.2. The Morgan fingerprint density at radius 1 is 1.29 bits per heavy atom. The molecule has 1 atom stereocenters. The highest BCUT2D eigenvalue weighted by Crippen LogP contribution is 2.40. The summed E-state index contributed by atoms with van der Waals surface area (Å²) in [6.07, 6.45) is 1.99. The van der Waals surface area contributed by atoms with Crippen LogP contribution in [-0.2, 0) is 6.54 Å². The third-order valence-corrected chi connectivity index (χ3v) is 4.88. The van der Waals surface area contributed by atoms with Crippen LogP contribution in [0.25, 0.3) is 0 Å². The van der Waals surface area contributed by atoms with Crippen molar-refractivity contribution in [1.82, 2.24) is 14.8 Å². The summed E-state index contributed by atoms with van der Waals surface area (Å²) in [5.41, 5.74) is 2.16. The zero-order valence-corrected chi connectivity index (χ0v) is 13.3. The molecular formula is C16H21N3OS. The van der Waals surface area contributed by atoms with E-state index >= 15 is 0 Å². The SMILES string of the molecule is CCn1c(SCC(O)c2ccc(C)cc2)nnc1C1CC1. The minimum Gasteiger partial charge on any atom is -0.388 e. The first-order valence-electron chi connectivity index (χ1n) is 7.49. The Morgan fingerprint density at radius 2 is 2.00 bits per heavy atom. The summed E-state index contributed by atoms with van der Waals surface area (Å²) in [4.78, 5) is 0. The van der Waals surface area contributed by atoms with Gasteiger partial charge in [0.1, 0.15) is 5.82 Å². The van der Waals surface area contributed by atoms with Gasteiger partial charge in [0.25, 0.3) is 0 Å². The van der Waals surface area contributed by atoms with E-state index in [-0.39, 0.29) is 0 Å². The molecule has 2 aromatic rings. The van der Waals surface area contributed by atoms with Crippen LogP contribution in [0.15, 0.2) is 29.4 Å². The first kappa shape index (κ1) is 14.6. The number of rotatable bonds is 6. The van der Waals surface area contributed by atoms with Gasteiger partial charge in [-0.05, 0) is 32.3 Å². The zero-order valence-electron chi connectivity index (χ0n) is 12.5. The van der Waals surface area contributed by atoms with E-state index in [4.69, 9.17) is 0 Å². The Labute approximate surface area is 129 Å². The number of nitrogens with zero attached hydrogens (tertiary/aromatic N) is 3. The quantitative estimate of drug-likeness (QED) is 0.832.